The fourth-order valence-electron chi connectivity index (χ4n) is 1.84. The van der Waals surface area contributed by atoms with Crippen LogP contribution in [0.25, 0.3) is 0 Å². The average molecular weight is 320 g/mol. The SMILES string of the molecule is CCOCCN(C)S(=O)(=O)c1cc(CCl)ccc1CC. The number of sulfonamides is 1. The smallest absolute Gasteiger partial charge is 0.243 e. The summed E-state index contributed by atoms with van der Waals surface area (Å²) in [7, 11) is -1.93. The first-order valence-corrected chi connectivity index (χ1v) is 8.66. The van der Waals surface area contributed by atoms with Gasteiger partial charge in [0.25, 0.3) is 0 Å². The van der Waals surface area contributed by atoms with Crippen LogP contribution in [0.15, 0.2) is 23.1 Å². The van der Waals surface area contributed by atoms with Gasteiger partial charge in [0.05, 0.1) is 11.5 Å². The minimum Gasteiger partial charge on any atom is -0.380 e. The van der Waals surface area contributed by atoms with Crippen LogP contribution >= 0.6 is 11.6 Å². The lowest BCUT2D eigenvalue weighted by atomic mass is 10.1. The molecule has 0 aliphatic carbocycles. The average Bonchev–Trinajstić information content (AvgIpc) is 2.46. The lowest BCUT2D eigenvalue weighted by Crippen LogP contribution is -2.31. The molecule has 0 radical (unpaired) electrons. The minimum absolute atomic E-state index is 0.301. The molecule has 0 saturated heterocycles. The lowest BCUT2D eigenvalue weighted by molar-refractivity contribution is 0.138. The lowest BCUT2D eigenvalue weighted by Gasteiger charge is -2.19. The molecule has 0 bridgehead atoms. The van der Waals surface area contributed by atoms with Gasteiger partial charge in [0.15, 0.2) is 0 Å². The molecule has 1 aromatic carbocycles. The third-order valence-corrected chi connectivity index (χ3v) is 5.36. The Morgan fingerprint density at radius 3 is 2.55 bits per heavy atom. The van der Waals surface area contributed by atoms with E-state index in [1.165, 1.54) is 4.31 Å². The van der Waals surface area contributed by atoms with Crippen molar-refractivity contribution in [1.82, 2.24) is 4.31 Å². The summed E-state index contributed by atoms with van der Waals surface area (Å²) >= 11 is 5.80. The molecule has 0 atom stereocenters. The first kappa shape index (κ1) is 17.4. The van der Waals surface area contributed by atoms with Crippen LogP contribution in [0.1, 0.15) is 25.0 Å². The fourth-order valence-corrected chi connectivity index (χ4v) is 3.50. The Balaban J connectivity index is 3.06. The predicted molar refractivity (Wildman–Crippen MR) is 81.7 cm³/mol. The Hall–Kier alpha value is -0.620. The standard InChI is InChI=1S/C14H22ClNO3S/c1-4-13-7-6-12(11-15)10-14(13)20(17,18)16(3)8-9-19-5-2/h6-7,10H,4-5,8-9,11H2,1-3H3. The van der Waals surface area contributed by atoms with Crippen LogP contribution in [-0.4, -0.2) is 39.5 Å². The molecule has 0 aromatic heterocycles. The van der Waals surface area contributed by atoms with Crippen LogP contribution in [0.2, 0.25) is 0 Å². The molecular formula is C14H22ClNO3S. The van der Waals surface area contributed by atoms with Crippen molar-refractivity contribution in [2.45, 2.75) is 31.0 Å². The highest BCUT2D eigenvalue weighted by Gasteiger charge is 2.23. The van der Waals surface area contributed by atoms with Gasteiger partial charge in [0.2, 0.25) is 10.0 Å². The zero-order valence-electron chi connectivity index (χ0n) is 12.2. The van der Waals surface area contributed by atoms with E-state index >= 15 is 0 Å². The zero-order valence-corrected chi connectivity index (χ0v) is 13.8. The van der Waals surface area contributed by atoms with Crippen molar-refractivity contribution in [3.63, 3.8) is 0 Å². The summed E-state index contributed by atoms with van der Waals surface area (Å²) in [6, 6.07) is 5.37. The number of likely N-dealkylation sites (N-methyl/N-ethyl adjacent to an activating group) is 1. The highest BCUT2D eigenvalue weighted by Crippen LogP contribution is 2.22. The van der Waals surface area contributed by atoms with E-state index < -0.39 is 10.0 Å². The highest BCUT2D eigenvalue weighted by molar-refractivity contribution is 7.89. The Kier molecular flexibility index (Phi) is 6.95. The van der Waals surface area contributed by atoms with Gasteiger partial charge in [-0.25, -0.2) is 8.42 Å². The molecule has 1 aromatic rings. The van der Waals surface area contributed by atoms with Gasteiger partial charge in [-0.3, -0.25) is 0 Å². The summed E-state index contributed by atoms with van der Waals surface area (Å²) in [6.07, 6.45) is 0.663. The number of halogens is 1. The van der Waals surface area contributed by atoms with Crippen LogP contribution in [-0.2, 0) is 27.1 Å². The summed E-state index contributed by atoms with van der Waals surface area (Å²) in [5.41, 5.74) is 1.61. The second-order valence-corrected chi connectivity index (χ2v) is 6.73. The topological polar surface area (TPSA) is 46.6 Å². The van der Waals surface area contributed by atoms with Crippen molar-refractivity contribution in [1.29, 1.82) is 0 Å². The van der Waals surface area contributed by atoms with Gasteiger partial charge in [-0.05, 0) is 30.5 Å². The van der Waals surface area contributed by atoms with Crippen LogP contribution in [0, 0.1) is 0 Å². The molecule has 0 aliphatic heterocycles. The molecule has 114 valence electrons. The number of rotatable bonds is 8. The highest BCUT2D eigenvalue weighted by atomic mass is 35.5. The largest absolute Gasteiger partial charge is 0.380 e. The van der Waals surface area contributed by atoms with Gasteiger partial charge in [0, 0.05) is 26.1 Å². The molecule has 0 spiro atoms. The second-order valence-electron chi connectivity index (χ2n) is 4.45. The van der Waals surface area contributed by atoms with Crippen molar-refractivity contribution >= 4 is 21.6 Å². The van der Waals surface area contributed by atoms with Crippen LogP contribution in [0.3, 0.4) is 0 Å². The number of nitrogens with zero attached hydrogens (tertiary/aromatic N) is 1. The molecule has 0 unspecified atom stereocenters. The Morgan fingerprint density at radius 1 is 1.30 bits per heavy atom. The Labute approximate surface area is 126 Å². The van der Waals surface area contributed by atoms with E-state index in [1.54, 1.807) is 13.1 Å². The summed E-state index contributed by atoms with van der Waals surface area (Å²) in [5.74, 6) is 0.301. The first-order chi connectivity index (χ1) is 9.47. The number of ether oxygens (including phenoxy) is 1. The third-order valence-electron chi connectivity index (χ3n) is 3.11. The van der Waals surface area contributed by atoms with E-state index in [0.29, 0.717) is 37.0 Å². The molecule has 0 saturated carbocycles. The van der Waals surface area contributed by atoms with Crippen LogP contribution in [0.4, 0.5) is 0 Å². The van der Waals surface area contributed by atoms with Gasteiger partial charge >= 0.3 is 0 Å². The molecule has 0 fully saturated rings. The molecular weight excluding hydrogens is 298 g/mol. The number of hydrogen-bond acceptors (Lipinski definition) is 3. The van der Waals surface area contributed by atoms with Crippen molar-refractivity contribution in [2.24, 2.45) is 0 Å². The zero-order chi connectivity index (χ0) is 15.2. The number of alkyl halides is 1. The third kappa shape index (κ3) is 4.19. The van der Waals surface area contributed by atoms with E-state index in [2.05, 4.69) is 0 Å². The van der Waals surface area contributed by atoms with Crippen molar-refractivity contribution < 1.29 is 13.2 Å². The van der Waals surface area contributed by atoms with Crippen molar-refractivity contribution in [2.75, 3.05) is 26.8 Å². The minimum atomic E-state index is -3.50. The van der Waals surface area contributed by atoms with E-state index in [-0.39, 0.29) is 0 Å². The monoisotopic (exact) mass is 319 g/mol. The summed E-state index contributed by atoms with van der Waals surface area (Å²) in [5, 5.41) is 0. The maximum absolute atomic E-state index is 12.6. The van der Waals surface area contributed by atoms with E-state index in [1.807, 2.05) is 26.0 Å². The second kappa shape index (κ2) is 7.98. The van der Waals surface area contributed by atoms with Gasteiger partial charge in [-0.1, -0.05) is 19.1 Å². The number of hydrogen-bond donors (Lipinski definition) is 0. The molecule has 0 amide bonds. The van der Waals surface area contributed by atoms with Crippen LogP contribution < -0.4 is 0 Å². The van der Waals surface area contributed by atoms with Crippen molar-refractivity contribution in [3.8, 4) is 0 Å². The quantitative estimate of drug-likeness (QED) is 0.546. The van der Waals surface area contributed by atoms with E-state index in [4.69, 9.17) is 16.3 Å². The Bertz CT molecular complexity index is 531. The molecule has 0 N–H and O–H groups in total. The molecule has 0 heterocycles. The fraction of sp³-hybridized carbons (Fsp3) is 0.571. The first-order valence-electron chi connectivity index (χ1n) is 6.69. The summed E-state index contributed by atoms with van der Waals surface area (Å²) in [4.78, 5) is 0.345. The molecule has 1 rings (SSSR count). The van der Waals surface area contributed by atoms with E-state index in [9.17, 15) is 8.42 Å². The van der Waals surface area contributed by atoms with Gasteiger partial charge < -0.3 is 4.74 Å². The Morgan fingerprint density at radius 2 is 2.00 bits per heavy atom. The number of aryl methyl sites for hydroxylation is 1. The van der Waals surface area contributed by atoms with Gasteiger partial charge in [0.1, 0.15) is 0 Å². The van der Waals surface area contributed by atoms with Gasteiger partial charge in [-0.15, -0.1) is 11.6 Å². The molecule has 20 heavy (non-hydrogen) atoms. The van der Waals surface area contributed by atoms with Gasteiger partial charge in [-0.2, -0.15) is 4.31 Å². The molecule has 4 nitrogen and oxygen atoms in total. The summed E-state index contributed by atoms with van der Waals surface area (Å²) < 4.78 is 31.7. The number of benzene rings is 1. The molecule has 6 heteroatoms. The molecule has 0 aliphatic rings. The van der Waals surface area contributed by atoms with Crippen LogP contribution in [0.5, 0.6) is 0 Å². The van der Waals surface area contributed by atoms with Crippen molar-refractivity contribution in [3.05, 3.63) is 29.3 Å². The maximum Gasteiger partial charge on any atom is 0.243 e. The maximum atomic E-state index is 12.6. The van der Waals surface area contributed by atoms with E-state index in [0.717, 1.165) is 11.1 Å². The normalized spacial score (nSPS) is 12.1. The predicted octanol–water partition coefficient (Wildman–Crippen LogP) is 2.64. The summed E-state index contributed by atoms with van der Waals surface area (Å²) in [6.45, 7) is 5.13.